The zero-order valence-corrected chi connectivity index (χ0v) is 37.4. The minimum atomic E-state index is -5.96. The molecule has 281 valence electrons. The Bertz CT molecular complexity index is 2080. The predicted molar refractivity (Wildman–Crippen MR) is 228 cm³/mol. The normalized spacial score (nSPS) is 18.0. The number of benzene rings is 4. The summed E-state index contributed by atoms with van der Waals surface area (Å²) in [5.74, 6) is 0.269. The Morgan fingerprint density at radius 2 is 1.04 bits per heavy atom. The molecule has 4 nitrogen and oxygen atoms in total. The van der Waals surface area contributed by atoms with Crippen LogP contribution in [0.3, 0.4) is 0 Å². The van der Waals surface area contributed by atoms with Gasteiger partial charge >= 0.3 is 334 Å². The number of fused-ring (bicyclic) bond motifs is 2. The third-order valence-corrected chi connectivity index (χ3v) is 32.7. The topological polar surface area (TPSA) is 58.2 Å². The van der Waals surface area contributed by atoms with E-state index in [9.17, 15) is 9.59 Å². The van der Waals surface area contributed by atoms with Crippen molar-refractivity contribution in [3.05, 3.63) is 127 Å². The summed E-state index contributed by atoms with van der Waals surface area (Å²) in [6.45, 7) is 21.9. The number of hydrogen-bond acceptors (Lipinski definition) is 2. The van der Waals surface area contributed by atoms with Crippen LogP contribution in [-0.2, 0) is 25.8 Å². The second-order valence-corrected chi connectivity index (χ2v) is 37.5. The third-order valence-electron chi connectivity index (χ3n) is 12.9. The van der Waals surface area contributed by atoms with Crippen molar-refractivity contribution in [2.24, 2.45) is 11.8 Å². The Hall–Kier alpha value is -3.17. The van der Waals surface area contributed by atoms with E-state index < -0.39 is 27.9 Å². The number of rotatable bonds is 13. The van der Waals surface area contributed by atoms with Crippen LogP contribution in [0.1, 0.15) is 103 Å². The maximum atomic E-state index is 12.6. The van der Waals surface area contributed by atoms with Crippen molar-refractivity contribution in [2.45, 2.75) is 89.3 Å². The number of nitrogens with one attached hydrogen (secondary N) is 2. The van der Waals surface area contributed by atoms with Gasteiger partial charge in [-0.3, -0.25) is 0 Å². The third kappa shape index (κ3) is 6.53. The van der Waals surface area contributed by atoms with Gasteiger partial charge in [0, 0.05) is 0 Å². The molecule has 0 spiro atoms. The summed E-state index contributed by atoms with van der Waals surface area (Å²) >= 11 is -5.96. The summed E-state index contributed by atoms with van der Waals surface area (Å²) in [5.41, 5.74) is 18.8. The monoisotopic (exact) mass is 837 g/mol. The molecule has 2 N–H and O–H groups in total. The molecule has 0 radical (unpaired) electrons. The number of aryl methyl sites for hydroxylation is 4. The van der Waals surface area contributed by atoms with E-state index in [-0.39, 0.29) is 11.8 Å². The molecule has 2 aliphatic rings. The standard InChI is InChI=1S/2C22H25.C2H3BN2O2.2ClH.Zr/c2*1-6-15(3)19-12-18-8-7-9-20(22(18)13-19)21-11-14(2)10-16(4)17(21)5;6-1-4-3-5-2-7;;;/h2*7-13,15H,6H2,1-5H3;1-2H,(H-,4,5,6,7);2*1H;/q;;;;;+1/p-1. The molecule has 0 saturated heterocycles. The molecule has 2 aliphatic carbocycles. The van der Waals surface area contributed by atoms with Crippen LogP contribution in [0.15, 0.2) is 71.8 Å². The van der Waals surface area contributed by atoms with Gasteiger partial charge in [-0.25, -0.2) is 0 Å². The van der Waals surface area contributed by atoms with E-state index in [0.29, 0.717) is 12.8 Å². The van der Waals surface area contributed by atoms with Crippen LogP contribution in [0.4, 0.5) is 0 Å². The van der Waals surface area contributed by atoms with Crippen LogP contribution in [0.5, 0.6) is 0 Å². The first-order valence-electron chi connectivity index (χ1n) is 19.4. The first-order valence-corrected chi connectivity index (χ1v) is 30.0. The Morgan fingerprint density at radius 1 is 0.648 bits per heavy atom. The Balaban J connectivity index is 1.73. The van der Waals surface area contributed by atoms with E-state index >= 15 is 0 Å². The fraction of sp³-hybridized carbons (Fsp3) is 0.348. The summed E-state index contributed by atoms with van der Waals surface area (Å²) < 4.78 is -1.79. The number of amides is 2. The van der Waals surface area contributed by atoms with Crippen LogP contribution < -0.4 is 10.5 Å². The summed E-state index contributed by atoms with van der Waals surface area (Å²) in [6.07, 6.45) is 7.74. The number of hydrogen-bond donors (Lipinski definition) is 2. The quantitative estimate of drug-likeness (QED) is 0.104. The van der Waals surface area contributed by atoms with Crippen LogP contribution in [0, 0.1) is 53.4 Å². The summed E-state index contributed by atoms with van der Waals surface area (Å²) in [5, 5.41) is 6.06. The van der Waals surface area contributed by atoms with Crippen LogP contribution in [-0.4, -0.2) is 17.3 Å². The molecule has 54 heavy (non-hydrogen) atoms. The van der Waals surface area contributed by atoms with Gasteiger partial charge in [0.15, 0.2) is 0 Å². The zero-order chi connectivity index (χ0) is 39.3. The number of carbonyl (C=O) groups excluding carboxylic acids is 2. The fourth-order valence-electron chi connectivity index (χ4n) is 9.52. The Morgan fingerprint density at radius 3 is 1.39 bits per heavy atom. The van der Waals surface area contributed by atoms with E-state index in [1.807, 2.05) is 0 Å². The van der Waals surface area contributed by atoms with Gasteiger partial charge in [-0.15, -0.1) is 0 Å². The van der Waals surface area contributed by atoms with E-state index in [1.54, 1.807) is 0 Å². The molecule has 0 aromatic heterocycles. The van der Waals surface area contributed by atoms with Crippen LogP contribution in [0.2, 0.25) is 0 Å². The van der Waals surface area contributed by atoms with Gasteiger partial charge in [-0.05, 0) is 0 Å². The zero-order valence-electron chi connectivity index (χ0n) is 33.5. The fourth-order valence-corrected chi connectivity index (χ4v) is 30.2. The summed E-state index contributed by atoms with van der Waals surface area (Å²) in [7, 11) is 17.6. The maximum absolute atomic E-state index is 12.6. The van der Waals surface area contributed by atoms with E-state index in [4.69, 9.17) is 17.0 Å². The van der Waals surface area contributed by atoms with Gasteiger partial charge in [-0.2, -0.15) is 0 Å². The first-order chi connectivity index (χ1) is 25.6. The van der Waals surface area contributed by atoms with Gasteiger partial charge in [-0.1, -0.05) is 0 Å². The molecule has 0 saturated carbocycles. The molecule has 4 atom stereocenters. The predicted octanol–water partition coefficient (Wildman–Crippen LogP) is 12.0. The van der Waals surface area contributed by atoms with Crippen molar-refractivity contribution in [1.82, 2.24) is 10.5 Å². The number of halogens is 2. The minimum absolute atomic E-state index is 0.134. The van der Waals surface area contributed by atoms with Crippen molar-refractivity contribution in [3.8, 4) is 22.3 Å². The van der Waals surface area contributed by atoms with E-state index in [1.165, 1.54) is 55.7 Å². The Labute approximate surface area is 331 Å². The Kier molecular flexibility index (Phi) is 11.5. The molecule has 0 heterocycles. The second kappa shape index (κ2) is 15.4. The summed E-state index contributed by atoms with van der Waals surface area (Å²) in [6, 6.07) is 22.0. The average molecular weight is 840 g/mol. The van der Waals surface area contributed by atoms with Gasteiger partial charge in [0.25, 0.3) is 0 Å². The van der Waals surface area contributed by atoms with Gasteiger partial charge in [0.2, 0.25) is 0 Å². The molecule has 0 bridgehead atoms. The molecule has 8 heteroatoms. The molecule has 0 aliphatic heterocycles. The van der Waals surface area contributed by atoms with E-state index in [2.05, 4.69) is 153 Å². The van der Waals surface area contributed by atoms with Crippen molar-refractivity contribution in [1.29, 1.82) is 0 Å². The molecule has 4 unspecified atom stereocenters. The van der Waals surface area contributed by atoms with Crippen LogP contribution >= 0.6 is 17.0 Å². The van der Waals surface area contributed by atoms with Crippen LogP contribution in [0.25, 0.3) is 34.4 Å². The average Bonchev–Trinajstić information content (AvgIpc) is 3.75. The molecule has 6 rings (SSSR count). The molecule has 4 aromatic rings. The van der Waals surface area contributed by atoms with Crippen molar-refractivity contribution >= 4 is 46.5 Å². The molecule has 0 fully saturated rings. The van der Waals surface area contributed by atoms with Crippen molar-refractivity contribution in [3.63, 3.8) is 0 Å². The number of carbonyl (C=O) groups is 2. The molecular weight excluding hydrogens is 785 g/mol. The van der Waals surface area contributed by atoms with Crippen molar-refractivity contribution in [2.75, 3.05) is 0 Å². The molecule has 4 aromatic carbocycles. The SMILES string of the molecule is CCC(C)C1=Cc2c(-c3cc(C)cc(C)c3C)cccc2[CH]1[Zr]([Cl])([Cl])([B](NC=O)NC=O)[CH]1C(C(C)CC)=Cc2c(-c3cc(C)cc(C)c3C)cccc21. The van der Waals surface area contributed by atoms with Gasteiger partial charge in [0.05, 0.1) is 0 Å². The van der Waals surface area contributed by atoms with Gasteiger partial charge < -0.3 is 0 Å². The molecular formula is C46H54BCl2N2O2Zr. The van der Waals surface area contributed by atoms with Gasteiger partial charge in [0.1, 0.15) is 0 Å². The van der Waals surface area contributed by atoms with Crippen molar-refractivity contribution < 1.29 is 25.8 Å². The first kappa shape index (κ1) is 40.5. The number of allylic oxidation sites excluding steroid dienone is 2. The van der Waals surface area contributed by atoms with E-state index in [0.717, 1.165) is 46.2 Å². The molecule has 2 amide bonds. The summed E-state index contributed by atoms with van der Waals surface area (Å²) in [4.78, 5) is 25.3. The second-order valence-electron chi connectivity index (χ2n) is 16.1.